The van der Waals surface area contributed by atoms with Gasteiger partial charge in [0.15, 0.2) is 0 Å². The molecule has 0 aromatic heterocycles. The largest absolute Gasteiger partial charge is 0.375 e. The van der Waals surface area contributed by atoms with E-state index in [1.807, 2.05) is 12.1 Å². The molecule has 0 saturated heterocycles. The Morgan fingerprint density at radius 3 is 2.73 bits per heavy atom. The van der Waals surface area contributed by atoms with E-state index in [1.165, 1.54) is 29.3 Å². The van der Waals surface area contributed by atoms with Crippen molar-refractivity contribution in [3.8, 4) is 0 Å². The minimum absolute atomic E-state index is 0.0964. The fourth-order valence-electron chi connectivity index (χ4n) is 2.10. The molecule has 2 aromatic rings. The molecule has 0 aliphatic heterocycles. The van der Waals surface area contributed by atoms with Crippen LogP contribution in [0.3, 0.4) is 0 Å². The molecular weight excluding hydrogens is 303 g/mol. The normalized spacial score (nSPS) is 10.3. The van der Waals surface area contributed by atoms with Crippen LogP contribution in [-0.2, 0) is 11.2 Å². The van der Waals surface area contributed by atoms with E-state index in [9.17, 15) is 9.18 Å². The van der Waals surface area contributed by atoms with Crippen LogP contribution in [-0.4, -0.2) is 19.0 Å². The number of aryl methyl sites for hydroxylation is 1. The number of hydrogen-bond acceptors (Lipinski definition) is 2. The smallest absolute Gasteiger partial charge is 0.239 e. The Morgan fingerprint density at radius 2 is 2.00 bits per heavy atom. The van der Waals surface area contributed by atoms with E-state index in [-0.39, 0.29) is 17.5 Å². The molecule has 0 spiro atoms. The molecule has 2 rings (SSSR count). The van der Waals surface area contributed by atoms with Crippen molar-refractivity contribution in [2.45, 2.75) is 13.3 Å². The minimum atomic E-state index is -0.404. The number of amides is 1. The summed E-state index contributed by atoms with van der Waals surface area (Å²) in [5.41, 5.74) is 2.97. The monoisotopic (exact) mass is 320 g/mol. The number of carbonyl (C=O) groups is 1. The number of hydrogen-bond donors (Lipinski definition) is 2. The molecule has 1 amide bonds. The second kappa shape index (κ2) is 7.80. The van der Waals surface area contributed by atoms with Crippen molar-refractivity contribution in [3.05, 3.63) is 64.4 Å². The highest BCUT2D eigenvalue weighted by atomic mass is 35.5. The Hall–Kier alpha value is -2.07. The second-order valence-corrected chi connectivity index (χ2v) is 5.41. The van der Waals surface area contributed by atoms with E-state index >= 15 is 0 Å². The van der Waals surface area contributed by atoms with E-state index in [2.05, 4.69) is 29.7 Å². The first-order valence-electron chi connectivity index (χ1n) is 7.06. The summed E-state index contributed by atoms with van der Waals surface area (Å²) in [5, 5.41) is 5.99. The SMILES string of the molecule is Cc1ccccc1CCNC(=O)CNc1ccc(F)cc1Cl. The molecule has 116 valence electrons. The van der Waals surface area contributed by atoms with Crippen molar-refractivity contribution in [3.63, 3.8) is 0 Å². The van der Waals surface area contributed by atoms with Crippen molar-refractivity contribution in [1.82, 2.24) is 5.32 Å². The topological polar surface area (TPSA) is 41.1 Å². The summed E-state index contributed by atoms with van der Waals surface area (Å²) < 4.78 is 12.9. The lowest BCUT2D eigenvalue weighted by atomic mass is 10.1. The molecule has 0 aliphatic carbocycles. The second-order valence-electron chi connectivity index (χ2n) is 5.00. The van der Waals surface area contributed by atoms with Crippen molar-refractivity contribution in [2.24, 2.45) is 0 Å². The van der Waals surface area contributed by atoms with Gasteiger partial charge in [0.1, 0.15) is 5.82 Å². The van der Waals surface area contributed by atoms with Gasteiger partial charge in [-0.15, -0.1) is 0 Å². The first-order chi connectivity index (χ1) is 10.6. The van der Waals surface area contributed by atoms with Crippen LogP contribution in [0.2, 0.25) is 5.02 Å². The quantitative estimate of drug-likeness (QED) is 0.854. The van der Waals surface area contributed by atoms with Crippen LogP contribution < -0.4 is 10.6 Å². The summed E-state index contributed by atoms with van der Waals surface area (Å²) in [7, 11) is 0. The molecule has 22 heavy (non-hydrogen) atoms. The van der Waals surface area contributed by atoms with E-state index in [0.717, 1.165) is 6.42 Å². The van der Waals surface area contributed by atoms with Gasteiger partial charge in [0, 0.05) is 6.54 Å². The Bertz CT molecular complexity index is 661. The standard InChI is InChI=1S/C17H18ClFN2O/c1-12-4-2-3-5-13(12)8-9-20-17(22)11-21-16-7-6-14(19)10-15(16)18/h2-7,10,21H,8-9,11H2,1H3,(H,20,22). The average molecular weight is 321 g/mol. The number of carbonyl (C=O) groups excluding carboxylic acids is 1. The van der Waals surface area contributed by atoms with Gasteiger partial charge in [-0.2, -0.15) is 0 Å². The van der Waals surface area contributed by atoms with Gasteiger partial charge >= 0.3 is 0 Å². The summed E-state index contributed by atoms with van der Waals surface area (Å²) >= 11 is 5.88. The van der Waals surface area contributed by atoms with Crippen LogP contribution in [0.4, 0.5) is 10.1 Å². The predicted molar refractivity (Wildman–Crippen MR) is 87.8 cm³/mol. The molecule has 0 aliphatic rings. The summed E-state index contributed by atoms with van der Waals surface area (Å²) in [5.74, 6) is -0.535. The van der Waals surface area contributed by atoms with Gasteiger partial charge < -0.3 is 10.6 Å². The number of halogens is 2. The minimum Gasteiger partial charge on any atom is -0.375 e. The molecule has 2 N–H and O–H groups in total. The lowest BCUT2D eigenvalue weighted by Crippen LogP contribution is -2.31. The van der Waals surface area contributed by atoms with Gasteiger partial charge in [0.25, 0.3) is 0 Å². The highest BCUT2D eigenvalue weighted by Crippen LogP contribution is 2.21. The summed E-state index contributed by atoms with van der Waals surface area (Å²) in [6.07, 6.45) is 0.787. The molecule has 0 atom stereocenters. The lowest BCUT2D eigenvalue weighted by Gasteiger charge is -2.10. The van der Waals surface area contributed by atoms with E-state index < -0.39 is 5.82 Å². The van der Waals surface area contributed by atoms with Crippen LogP contribution in [0.1, 0.15) is 11.1 Å². The van der Waals surface area contributed by atoms with Crippen LogP contribution in [0, 0.1) is 12.7 Å². The average Bonchev–Trinajstić information content (AvgIpc) is 2.48. The Kier molecular flexibility index (Phi) is 5.78. The Balaban J connectivity index is 1.75. The molecule has 0 radical (unpaired) electrons. The van der Waals surface area contributed by atoms with Crippen LogP contribution >= 0.6 is 11.6 Å². The van der Waals surface area contributed by atoms with Crippen molar-refractivity contribution < 1.29 is 9.18 Å². The first-order valence-corrected chi connectivity index (χ1v) is 7.44. The fourth-order valence-corrected chi connectivity index (χ4v) is 2.33. The van der Waals surface area contributed by atoms with E-state index in [0.29, 0.717) is 12.2 Å². The number of rotatable bonds is 6. The van der Waals surface area contributed by atoms with Gasteiger partial charge in [-0.05, 0) is 42.7 Å². The lowest BCUT2D eigenvalue weighted by molar-refractivity contribution is -0.119. The zero-order valence-electron chi connectivity index (χ0n) is 12.3. The Labute approximate surface area is 134 Å². The maximum atomic E-state index is 12.9. The molecule has 0 unspecified atom stereocenters. The molecule has 0 saturated carbocycles. The van der Waals surface area contributed by atoms with Gasteiger partial charge in [-0.25, -0.2) is 4.39 Å². The molecule has 0 bridgehead atoms. The number of benzene rings is 2. The molecule has 0 fully saturated rings. The predicted octanol–water partition coefficient (Wildman–Crippen LogP) is 3.56. The molecule has 2 aromatic carbocycles. The summed E-state index contributed by atoms with van der Waals surface area (Å²) in [4.78, 5) is 11.8. The fraction of sp³-hybridized carbons (Fsp3) is 0.235. The van der Waals surface area contributed by atoms with Crippen LogP contribution in [0.25, 0.3) is 0 Å². The maximum Gasteiger partial charge on any atom is 0.239 e. The third-order valence-corrected chi connectivity index (χ3v) is 3.66. The third-order valence-electron chi connectivity index (χ3n) is 3.35. The zero-order chi connectivity index (χ0) is 15.9. The van der Waals surface area contributed by atoms with Gasteiger partial charge in [0.05, 0.1) is 17.3 Å². The molecule has 5 heteroatoms. The van der Waals surface area contributed by atoms with Gasteiger partial charge in [0.2, 0.25) is 5.91 Å². The number of nitrogens with one attached hydrogen (secondary N) is 2. The third kappa shape index (κ3) is 4.74. The molecular formula is C17H18ClFN2O. The molecule has 0 heterocycles. The zero-order valence-corrected chi connectivity index (χ0v) is 13.1. The number of anilines is 1. The molecule has 3 nitrogen and oxygen atoms in total. The van der Waals surface area contributed by atoms with E-state index in [1.54, 1.807) is 0 Å². The van der Waals surface area contributed by atoms with Crippen molar-refractivity contribution >= 4 is 23.2 Å². The van der Waals surface area contributed by atoms with Crippen LogP contribution in [0.5, 0.6) is 0 Å². The van der Waals surface area contributed by atoms with Crippen LogP contribution in [0.15, 0.2) is 42.5 Å². The first kappa shape index (κ1) is 16.3. The Morgan fingerprint density at radius 1 is 1.23 bits per heavy atom. The van der Waals surface area contributed by atoms with Crippen molar-refractivity contribution in [1.29, 1.82) is 0 Å². The van der Waals surface area contributed by atoms with Gasteiger partial charge in [-0.1, -0.05) is 35.9 Å². The maximum absolute atomic E-state index is 12.9. The van der Waals surface area contributed by atoms with Crippen molar-refractivity contribution in [2.75, 3.05) is 18.4 Å². The summed E-state index contributed by atoms with van der Waals surface area (Å²) in [6.45, 7) is 2.72. The highest BCUT2D eigenvalue weighted by molar-refractivity contribution is 6.33. The summed E-state index contributed by atoms with van der Waals surface area (Å²) in [6, 6.07) is 12.1. The highest BCUT2D eigenvalue weighted by Gasteiger charge is 2.05. The van der Waals surface area contributed by atoms with E-state index in [4.69, 9.17) is 11.6 Å². The van der Waals surface area contributed by atoms with Gasteiger partial charge in [-0.3, -0.25) is 4.79 Å².